The summed E-state index contributed by atoms with van der Waals surface area (Å²) in [5.41, 5.74) is 5.92. The molecule has 1 aromatic heterocycles. The van der Waals surface area contributed by atoms with E-state index in [1.807, 2.05) is 6.92 Å². The number of anilines is 1. The Balaban J connectivity index is 2.45. The quantitative estimate of drug-likeness (QED) is 0.927. The van der Waals surface area contributed by atoms with Gasteiger partial charge in [-0.15, -0.1) is 0 Å². The molecule has 20 heavy (non-hydrogen) atoms. The van der Waals surface area contributed by atoms with Crippen molar-refractivity contribution >= 4 is 5.82 Å². The summed E-state index contributed by atoms with van der Waals surface area (Å²) in [5, 5.41) is 4.00. The van der Waals surface area contributed by atoms with Crippen molar-refractivity contribution in [1.82, 2.24) is 9.78 Å². The predicted molar refractivity (Wildman–Crippen MR) is 71.6 cm³/mol. The minimum atomic E-state index is -4.43. The Labute approximate surface area is 115 Å². The highest BCUT2D eigenvalue weighted by Gasteiger charge is 2.34. The molecular formula is C14H16F3N3. The standard InChI is InChI=1S/C14H16F3N3/c1-2-3-6-10-9-19-20(13(10)18)12-8-5-4-7-11(12)14(15,16)17/h4-5,7-9H,2-3,6,18H2,1H3. The Morgan fingerprint density at radius 3 is 2.60 bits per heavy atom. The minimum Gasteiger partial charge on any atom is -0.383 e. The highest BCUT2D eigenvalue weighted by atomic mass is 19.4. The third-order valence-corrected chi connectivity index (χ3v) is 3.12. The molecule has 0 saturated heterocycles. The van der Waals surface area contributed by atoms with Gasteiger partial charge in [0.15, 0.2) is 0 Å². The third kappa shape index (κ3) is 2.79. The first kappa shape index (κ1) is 14.4. The van der Waals surface area contributed by atoms with Crippen LogP contribution in [-0.2, 0) is 12.6 Å². The van der Waals surface area contributed by atoms with Gasteiger partial charge in [-0.3, -0.25) is 0 Å². The first-order valence-electron chi connectivity index (χ1n) is 6.44. The van der Waals surface area contributed by atoms with E-state index in [4.69, 9.17) is 5.73 Å². The molecule has 0 bridgehead atoms. The Bertz CT molecular complexity index is 588. The molecule has 0 fully saturated rings. The van der Waals surface area contributed by atoms with Crippen LogP contribution >= 0.6 is 0 Å². The van der Waals surface area contributed by atoms with Crippen molar-refractivity contribution in [2.24, 2.45) is 0 Å². The van der Waals surface area contributed by atoms with E-state index in [1.54, 1.807) is 0 Å². The summed E-state index contributed by atoms with van der Waals surface area (Å²) in [6, 6.07) is 5.29. The molecule has 0 unspecified atom stereocenters. The van der Waals surface area contributed by atoms with Gasteiger partial charge in [0.05, 0.1) is 17.4 Å². The summed E-state index contributed by atoms with van der Waals surface area (Å²) in [6.45, 7) is 2.04. The lowest BCUT2D eigenvalue weighted by Gasteiger charge is -2.13. The molecular weight excluding hydrogens is 267 g/mol. The number of para-hydroxylation sites is 1. The molecule has 6 heteroatoms. The van der Waals surface area contributed by atoms with Gasteiger partial charge in [0.2, 0.25) is 0 Å². The molecule has 0 aliphatic heterocycles. The van der Waals surface area contributed by atoms with Gasteiger partial charge in [-0.25, -0.2) is 4.68 Å². The van der Waals surface area contributed by atoms with Crippen LogP contribution in [0.3, 0.4) is 0 Å². The lowest BCUT2D eigenvalue weighted by atomic mass is 10.1. The Morgan fingerprint density at radius 2 is 1.95 bits per heavy atom. The van der Waals surface area contributed by atoms with Crippen LogP contribution in [0.4, 0.5) is 19.0 Å². The molecule has 0 spiro atoms. The fourth-order valence-electron chi connectivity index (χ4n) is 2.04. The fourth-order valence-corrected chi connectivity index (χ4v) is 2.04. The zero-order valence-corrected chi connectivity index (χ0v) is 11.1. The Hall–Kier alpha value is -1.98. The van der Waals surface area contributed by atoms with E-state index >= 15 is 0 Å². The molecule has 1 aromatic carbocycles. The van der Waals surface area contributed by atoms with E-state index in [2.05, 4.69) is 5.10 Å². The second-order valence-corrected chi connectivity index (χ2v) is 4.59. The molecule has 0 aliphatic rings. The molecule has 108 valence electrons. The van der Waals surface area contributed by atoms with Gasteiger partial charge < -0.3 is 5.73 Å². The Kier molecular flexibility index (Phi) is 4.01. The zero-order chi connectivity index (χ0) is 14.8. The van der Waals surface area contributed by atoms with Crippen molar-refractivity contribution in [3.63, 3.8) is 0 Å². The first-order chi connectivity index (χ1) is 9.45. The topological polar surface area (TPSA) is 43.8 Å². The molecule has 1 heterocycles. The zero-order valence-electron chi connectivity index (χ0n) is 11.1. The number of halogens is 3. The number of unbranched alkanes of at least 4 members (excludes halogenated alkanes) is 1. The largest absolute Gasteiger partial charge is 0.418 e. The summed E-state index contributed by atoms with van der Waals surface area (Å²) < 4.78 is 40.1. The molecule has 0 aliphatic carbocycles. The monoisotopic (exact) mass is 283 g/mol. The van der Waals surface area contributed by atoms with Crippen molar-refractivity contribution in [3.05, 3.63) is 41.6 Å². The lowest BCUT2D eigenvalue weighted by Crippen LogP contribution is -2.13. The third-order valence-electron chi connectivity index (χ3n) is 3.12. The van der Waals surface area contributed by atoms with Crippen LogP contribution in [-0.4, -0.2) is 9.78 Å². The maximum atomic E-state index is 13.0. The van der Waals surface area contributed by atoms with Crippen LogP contribution in [0.5, 0.6) is 0 Å². The van der Waals surface area contributed by atoms with Gasteiger partial charge in [-0.1, -0.05) is 25.5 Å². The summed E-state index contributed by atoms with van der Waals surface area (Å²) in [4.78, 5) is 0. The van der Waals surface area contributed by atoms with Crippen LogP contribution in [0.2, 0.25) is 0 Å². The highest BCUT2D eigenvalue weighted by molar-refractivity contribution is 5.51. The van der Waals surface area contributed by atoms with Crippen LogP contribution in [0.25, 0.3) is 5.69 Å². The number of benzene rings is 1. The molecule has 0 amide bonds. The van der Waals surface area contributed by atoms with Crippen molar-refractivity contribution < 1.29 is 13.2 Å². The number of hydrogen-bond donors (Lipinski definition) is 1. The normalized spacial score (nSPS) is 11.8. The van der Waals surface area contributed by atoms with Gasteiger partial charge in [0.25, 0.3) is 0 Å². The summed E-state index contributed by atoms with van der Waals surface area (Å²) >= 11 is 0. The van der Waals surface area contributed by atoms with Crippen molar-refractivity contribution in [1.29, 1.82) is 0 Å². The van der Waals surface area contributed by atoms with E-state index in [-0.39, 0.29) is 11.5 Å². The predicted octanol–water partition coefficient (Wildman–Crippen LogP) is 3.82. The maximum Gasteiger partial charge on any atom is 0.418 e. The molecule has 2 aromatic rings. The van der Waals surface area contributed by atoms with E-state index in [1.165, 1.54) is 24.4 Å². The number of nitrogens with zero attached hydrogens (tertiary/aromatic N) is 2. The van der Waals surface area contributed by atoms with Crippen LogP contribution in [0.15, 0.2) is 30.5 Å². The van der Waals surface area contributed by atoms with Gasteiger partial charge in [0.1, 0.15) is 5.82 Å². The fraction of sp³-hybridized carbons (Fsp3) is 0.357. The van der Waals surface area contributed by atoms with Crippen molar-refractivity contribution in [2.75, 3.05) is 5.73 Å². The van der Waals surface area contributed by atoms with E-state index in [0.29, 0.717) is 0 Å². The lowest BCUT2D eigenvalue weighted by molar-refractivity contribution is -0.137. The van der Waals surface area contributed by atoms with Crippen molar-refractivity contribution in [2.45, 2.75) is 32.4 Å². The molecule has 2 rings (SSSR count). The summed E-state index contributed by atoms with van der Waals surface area (Å²) in [6.07, 6.45) is -0.256. The number of rotatable bonds is 4. The number of nitrogens with two attached hydrogens (primary N) is 1. The summed E-state index contributed by atoms with van der Waals surface area (Å²) in [7, 11) is 0. The van der Waals surface area contributed by atoms with Crippen molar-refractivity contribution in [3.8, 4) is 5.69 Å². The average molecular weight is 283 g/mol. The van der Waals surface area contributed by atoms with Crippen LogP contribution in [0.1, 0.15) is 30.9 Å². The van der Waals surface area contributed by atoms with Crippen LogP contribution < -0.4 is 5.73 Å². The smallest absolute Gasteiger partial charge is 0.383 e. The molecule has 0 saturated carbocycles. The second-order valence-electron chi connectivity index (χ2n) is 4.59. The molecule has 2 N–H and O–H groups in total. The van der Waals surface area contributed by atoms with E-state index < -0.39 is 11.7 Å². The van der Waals surface area contributed by atoms with E-state index in [9.17, 15) is 13.2 Å². The Morgan fingerprint density at radius 1 is 1.25 bits per heavy atom. The SMILES string of the molecule is CCCCc1cnn(-c2ccccc2C(F)(F)F)c1N. The number of nitrogen functional groups attached to an aromatic ring is 1. The van der Waals surface area contributed by atoms with E-state index in [0.717, 1.165) is 35.6 Å². The first-order valence-corrected chi connectivity index (χ1v) is 6.44. The van der Waals surface area contributed by atoms with Gasteiger partial charge in [-0.2, -0.15) is 18.3 Å². The molecule has 0 radical (unpaired) electrons. The van der Waals surface area contributed by atoms with Gasteiger partial charge >= 0.3 is 6.18 Å². The van der Waals surface area contributed by atoms with Gasteiger partial charge in [0, 0.05) is 5.56 Å². The number of hydrogen-bond acceptors (Lipinski definition) is 2. The molecule has 0 atom stereocenters. The van der Waals surface area contributed by atoms with Gasteiger partial charge in [-0.05, 0) is 25.0 Å². The maximum absolute atomic E-state index is 13.0. The minimum absolute atomic E-state index is 0.0414. The second kappa shape index (κ2) is 5.56. The molecule has 3 nitrogen and oxygen atoms in total. The number of aryl methyl sites for hydroxylation is 1. The van der Waals surface area contributed by atoms with Crippen LogP contribution in [0, 0.1) is 0 Å². The number of aromatic nitrogens is 2. The average Bonchev–Trinajstić information content (AvgIpc) is 2.76. The highest BCUT2D eigenvalue weighted by Crippen LogP contribution is 2.34. The summed E-state index contributed by atoms with van der Waals surface area (Å²) in [5.74, 6) is 0.273. The number of alkyl halides is 3.